The van der Waals surface area contributed by atoms with Gasteiger partial charge in [0.1, 0.15) is 0 Å². The van der Waals surface area contributed by atoms with Crippen molar-refractivity contribution in [3.63, 3.8) is 0 Å². The molecule has 0 radical (unpaired) electrons. The largest absolute Gasteiger partial charge is 0.326 e. The lowest BCUT2D eigenvalue weighted by Gasteiger charge is -2.26. The van der Waals surface area contributed by atoms with Crippen LogP contribution in [0.3, 0.4) is 0 Å². The van der Waals surface area contributed by atoms with E-state index in [9.17, 15) is 22.0 Å². The average molecular weight is 346 g/mol. The van der Waals surface area contributed by atoms with Gasteiger partial charge in [-0.2, -0.15) is 4.31 Å². The number of carbonyl (C=O) groups is 1. The van der Waals surface area contributed by atoms with Crippen molar-refractivity contribution in [2.45, 2.75) is 38.1 Å². The number of nitrogens with one attached hydrogen (secondary N) is 1. The van der Waals surface area contributed by atoms with Crippen LogP contribution in [0.2, 0.25) is 0 Å². The molecule has 0 atom stereocenters. The first-order chi connectivity index (χ1) is 10.8. The summed E-state index contributed by atoms with van der Waals surface area (Å²) >= 11 is 0. The van der Waals surface area contributed by atoms with Crippen molar-refractivity contribution in [3.8, 4) is 0 Å². The molecule has 128 valence electrons. The lowest BCUT2D eigenvalue weighted by Crippen LogP contribution is -2.39. The fraction of sp³-hybridized carbons (Fsp3) is 0.533. The molecule has 0 spiro atoms. The minimum Gasteiger partial charge on any atom is -0.326 e. The van der Waals surface area contributed by atoms with Gasteiger partial charge in [-0.05, 0) is 25.0 Å². The van der Waals surface area contributed by atoms with E-state index < -0.39 is 27.6 Å². The molecule has 2 rings (SSSR count). The highest BCUT2D eigenvalue weighted by Gasteiger charge is 2.29. The Labute approximate surface area is 134 Å². The van der Waals surface area contributed by atoms with E-state index in [-0.39, 0.29) is 24.7 Å². The molecule has 1 aliphatic rings. The molecule has 0 saturated heterocycles. The van der Waals surface area contributed by atoms with Crippen LogP contribution in [0.5, 0.6) is 0 Å². The maximum atomic E-state index is 13.1. The number of anilines is 1. The van der Waals surface area contributed by atoms with Gasteiger partial charge in [-0.1, -0.05) is 12.8 Å². The summed E-state index contributed by atoms with van der Waals surface area (Å²) in [4.78, 5) is 11.9. The van der Waals surface area contributed by atoms with Gasteiger partial charge in [-0.25, -0.2) is 17.2 Å². The highest BCUT2D eigenvalue weighted by atomic mass is 32.2. The topological polar surface area (TPSA) is 66.5 Å². The SMILES string of the molecule is CS(=O)(=O)N(CCC(=O)Nc1ccc(F)c(F)c1)C1CCCC1. The van der Waals surface area contributed by atoms with Crippen LogP contribution < -0.4 is 5.32 Å². The fourth-order valence-corrected chi connectivity index (χ4v) is 4.00. The minimum absolute atomic E-state index is 0.0391. The van der Waals surface area contributed by atoms with Gasteiger partial charge >= 0.3 is 0 Å². The number of nitrogens with zero attached hydrogens (tertiary/aromatic N) is 1. The number of halogens is 2. The molecule has 0 aromatic heterocycles. The molecule has 1 fully saturated rings. The second kappa shape index (κ2) is 7.35. The predicted molar refractivity (Wildman–Crippen MR) is 83.4 cm³/mol. The molecule has 1 aliphatic carbocycles. The zero-order chi connectivity index (χ0) is 17.0. The van der Waals surface area contributed by atoms with E-state index in [1.54, 1.807) is 0 Å². The first kappa shape index (κ1) is 17.8. The van der Waals surface area contributed by atoms with Crippen LogP contribution in [-0.4, -0.2) is 37.5 Å². The molecule has 1 aromatic rings. The van der Waals surface area contributed by atoms with Gasteiger partial charge in [-0.3, -0.25) is 4.79 Å². The number of hydrogen-bond donors (Lipinski definition) is 1. The van der Waals surface area contributed by atoms with E-state index in [0.717, 1.165) is 44.1 Å². The molecular weight excluding hydrogens is 326 g/mol. The average Bonchev–Trinajstić information content (AvgIpc) is 2.95. The molecule has 0 unspecified atom stereocenters. The van der Waals surface area contributed by atoms with Crippen molar-refractivity contribution >= 4 is 21.6 Å². The standard InChI is InChI=1S/C15H20F2N2O3S/c1-23(21,22)19(12-4-2-3-5-12)9-8-15(20)18-11-6-7-13(16)14(17)10-11/h6-7,10,12H,2-5,8-9H2,1H3,(H,18,20). The summed E-state index contributed by atoms with van der Waals surface area (Å²) in [6.45, 7) is 0.0824. The van der Waals surface area contributed by atoms with Gasteiger partial charge in [0.25, 0.3) is 0 Å². The van der Waals surface area contributed by atoms with Gasteiger partial charge < -0.3 is 5.32 Å². The third-order valence-electron chi connectivity index (χ3n) is 3.92. The molecule has 1 N–H and O–H groups in total. The van der Waals surface area contributed by atoms with Crippen molar-refractivity contribution in [3.05, 3.63) is 29.8 Å². The molecule has 1 aromatic carbocycles. The van der Waals surface area contributed by atoms with Crippen molar-refractivity contribution < 1.29 is 22.0 Å². The van der Waals surface area contributed by atoms with Crippen molar-refractivity contribution in [2.24, 2.45) is 0 Å². The zero-order valence-electron chi connectivity index (χ0n) is 12.9. The van der Waals surface area contributed by atoms with Crippen LogP contribution >= 0.6 is 0 Å². The van der Waals surface area contributed by atoms with Crippen molar-refractivity contribution in [2.75, 3.05) is 18.1 Å². The van der Waals surface area contributed by atoms with Crippen LogP contribution in [0.15, 0.2) is 18.2 Å². The Bertz CT molecular complexity index is 673. The van der Waals surface area contributed by atoms with Crippen LogP contribution in [0, 0.1) is 11.6 Å². The van der Waals surface area contributed by atoms with Gasteiger partial charge in [0, 0.05) is 30.8 Å². The summed E-state index contributed by atoms with van der Waals surface area (Å²) in [5.41, 5.74) is 0.140. The quantitative estimate of drug-likeness (QED) is 0.861. The van der Waals surface area contributed by atoms with Gasteiger partial charge in [0.05, 0.1) is 6.26 Å². The minimum atomic E-state index is -3.39. The summed E-state index contributed by atoms with van der Waals surface area (Å²) in [5.74, 6) is -2.48. The fourth-order valence-electron chi connectivity index (χ4n) is 2.82. The van der Waals surface area contributed by atoms with Gasteiger partial charge in [0.2, 0.25) is 15.9 Å². The van der Waals surface area contributed by atoms with Gasteiger partial charge in [-0.15, -0.1) is 0 Å². The molecule has 0 aliphatic heterocycles. The number of carbonyl (C=O) groups excluding carboxylic acids is 1. The Kier molecular flexibility index (Phi) is 5.69. The lowest BCUT2D eigenvalue weighted by atomic mass is 10.2. The number of sulfonamides is 1. The predicted octanol–water partition coefficient (Wildman–Crippen LogP) is 2.50. The summed E-state index contributed by atoms with van der Waals surface area (Å²) in [5, 5.41) is 2.44. The van der Waals surface area contributed by atoms with Gasteiger partial charge in [0.15, 0.2) is 11.6 Å². The second-order valence-corrected chi connectivity index (χ2v) is 7.67. The van der Waals surface area contributed by atoms with Crippen LogP contribution in [0.25, 0.3) is 0 Å². The van der Waals surface area contributed by atoms with E-state index in [4.69, 9.17) is 0 Å². The smallest absolute Gasteiger partial charge is 0.225 e. The second-order valence-electron chi connectivity index (χ2n) is 5.74. The first-order valence-electron chi connectivity index (χ1n) is 7.49. The Morgan fingerprint density at radius 1 is 1.26 bits per heavy atom. The molecule has 1 saturated carbocycles. The molecule has 23 heavy (non-hydrogen) atoms. The first-order valence-corrected chi connectivity index (χ1v) is 9.34. The van der Waals surface area contributed by atoms with E-state index in [1.807, 2.05) is 0 Å². The van der Waals surface area contributed by atoms with Crippen molar-refractivity contribution in [1.82, 2.24) is 4.31 Å². The van der Waals surface area contributed by atoms with E-state index in [0.29, 0.717) is 0 Å². The van der Waals surface area contributed by atoms with E-state index in [2.05, 4.69) is 5.32 Å². The summed E-state index contributed by atoms with van der Waals surface area (Å²) in [7, 11) is -3.39. The number of rotatable bonds is 6. The Balaban J connectivity index is 1.94. The Morgan fingerprint density at radius 2 is 1.91 bits per heavy atom. The summed E-state index contributed by atoms with van der Waals surface area (Å²) < 4.78 is 51.0. The highest BCUT2D eigenvalue weighted by molar-refractivity contribution is 7.88. The number of amides is 1. The Morgan fingerprint density at radius 3 is 2.48 bits per heavy atom. The lowest BCUT2D eigenvalue weighted by molar-refractivity contribution is -0.116. The monoisotopic (exact) mass is 346 g/mol. The third kappa shape index (κ3) is 4.97. The molecule has 0 heterocycles. The molecule has 8 heteroatoms. The highest BCUT2D eigenvalue weighted by Crippen LogP contribution is 2.25. The van der Waals surface area contributed by atoms with E-state index >= 15 is 0 Å². The zero-order valence-corrected chi connectivity index (χ0v) is 13.7. The molecule has 1 amide bonds. The molecular formula is C15H20F2N2O3S. The van der Waals surface area contributed by atoms with Crippen LogP contribution in [0.1, 0.15) is 32.1 Å². The summed E-state index contributed by atoms with van der Waals surface area (Å²) in [6, 6.07) is 3.01. The van der Waals surface area contributed by atoms with E-state index in [1.165, 1.54) is 10.4 Å². The third-order valence-corrected chi connectivity index (χ3v) is 5.25. The maximum absolute atomic E-state index is 13.1. The number of benzene rings is 1. The van der Waals surface area contributed by atoms with Crippen molar-refractivity contribution in [1.29, 1.82) is 0 Å². The maximum Gasteiger partial charge on any atom is 0.225 e. The summed E-state index contributed by atoms with van der Waals surface area (Å²) in [6.07, 6.45) is 4.67. The number of hydrogen-bond acceptors (Lipinski definition) is 3. The van der Waals surface area contributed by atoms with Crippen LogP contribution in [-0.2, 0) is 14.8 Å². The molecule has 5 nitrogen and oxygen atoms in total. The normalized spacial score (nSPS) is 16.0. The molecule has 0 bridgehead atoms. The Hall–Kier alpha value is -1.54. The van der Waals surface area contributed by atoms with Crippen LogP contribution in [0.4, 0.5) is 14.5 Å².